The molecule has 0 atom stereocenters. The van der Waals surface area contributed by atoms with E-state index < -0.39 is 24.6 Å². The lowest BCUT2D eigenvalue weighted by atomic mass is 9.76. The number of nitrogens with zero attached hydrogens (tertiary/aromatic N) is 3. The van der Waals surface area contributed by atoms with Gasteiger partial charge in [-0.1, -0.05) is 103 Å². The molecule has 39 heavy (non-hydrogen) atoms. The van der Waals surface area contributed by atoms with Crippen molar-refractivity contribution in [3.8, 4) is 0 Å². The Bertz CT molecular complexity index is 1310. The average molecular weight is 548 g/mol. The number of amides is 1. The molecule has 0 radical (unpaired) electrons. The van der Waals surface area contributed by atoms with E-state index in [1.807, 2.05) is 54.6 Å². The Morgan fingerprint density at radius 3 is 1.79 bits per heavy atom. The van der Waals surface area contributed by atoms with Gasteiger partial charge in [0.2, 0.25) is 6.41 Å². The molecule has 3 aromatic carbocycles. The van der Waals surface area contributed by atoms with Gasteiger partial charge in [0.15, 0.2) is 0 Å². The van der Waals surface area contributed by atoms with E-state index in [0.717, 1.165) is 27.3 Å². The number of anilines is 1. The molecule has 1 aliphatic rings. The smallest absolute Gasteiger partial charge is 0.282 e. The van der Waals surface area contributed by atoms with Crippen LogP contribution in [-0.4, -0.2) is 48.2 Å². The van der Waals surface area contributed by atoms with Crippen LogP contribution in [0.2, 0.25) is 5.15 Å². The number of halogens is 3. The van der Waals surface area contributed by atoms with E-state index in [9.17, 15) is 13.6 Å². The monoisotopic (exact) mass is 547 g/mol. The van der Waals surface area contributed by atoms with Gasteiger partial charge < -0.3 is 16.0 Å². The van der Waals surface area contributed by atoms with E-state index >= 15 is 0 Å². The van der Waals surface area contributed by atoms with Crippen molar-refractivity contribution in [3.05, 3.63) is 131 Å². The first-order valence-electron chi connectivity index (χ1n) is 12.2. The van der Waals surface area contributed by atoms with Crippen LogP contribution >= 0.6 is 11.6 Å². The molecule has 1 aliphatic heterocycles. The van der Waals surface area contributed by atoms with E-state index in [2.05, 4.69) is 51.7 Å². The number of carbonyl (C=O) groups is 1. The van der Waals surface area contributed by atoms with Crippen LogP contribution in [0.5, 0.6) is 0 Å². The molecule has 2 heterocycles. The van der Waals surface area contributed by atoms with Crippen LogP contribution in [0, 0.1) is 0 Å². The second-order valence-electron chi connectivity index (χ2n) is 9.00. The molecule has 200 valence electrons. The van der Waals surface area contributed by atoms with E-state index in [-0.39, 0.29) is 0 Å². The zero-order chi connectivity index (χ0) is 27.9. The Morgan fingerprint density at radius 1 is 0.974 bits per heavy atom. The Balaban J connectivity index is 0.000000379. The lowest BCUT2D eigenvalue weighted by Crippen LogP contribution is -2.55. The molecule has 0 bridgehead atoms. The van der Waals surface area contributed by atoms with Crippen molar-refractivity contribution in [2.45, 2.75) is 11.5 Å². The Hall–Kier alpha value is -4.30. The SMILES string of the molecule is CN=C(N)c1cnc(Cl)cc1NC(c1ccccc1)(c1ccccc1)c1ccccc1.O=CN1CC(F)(F)C1. The predicted octanol–water partition coefficient (Wildman–Crippen LogP) is 5.57. The molecule has 1 saturated heterocycles. The van der Waals surface area contributed by atoms with Crippen LogP contribution in [0.25, 0.3) is 0 Å². The summed E-state index contributed by atoms with van der Waals surface area (Å²) in [4.78, 5) is 19.1. The number of benzene rings is 3. The summed E-state index contributed by atoms with van der Waals surface area (Å²) in [5, 5.41) is 4.15. The molecule has 4 aromatic rings. The van der Waals surface area contributed by atoms with Gasteiger partial charge in [-0.3, -0.25) is 9.79 Å². The Morgan fingerprint density at radius 2 is 1.44 bits per heavy atom. The first kappa shape index (κ1) is 27.7. The normalized spacial score (nSPS) is 14.5. The van der Waals surface area contributed by atoms with Gasteiger partial charge in [0, 0.05) is 13.2 Å². The maximum Gasteiger partial charge on any atom is 0.282 e. The molecular formula is C30H28ClF2N5O. The number of likely N-dealkylation sites (tertiary alicyclic amines) is 1. The van der Waals surface area contributed by atoms with Gasteiger partial charge in [-0.15, -0.1) is 0 Å². The summed E-state index contributed by atoms with van der Waals surface area (Å²) in [6, 6.07) is 32.8. The highest BCUT2D eigenvalue weighted by Gasteiger charge is 2.43. The molecule has 1 amide bonds. The fourth-order valence-corrected chi connectivity index (χ4v) is 4.62. The summed E-state index contributed by atoms with van der Waals surface area (Å²) in [6.45, 7) is -0.812. The van der Waals surface area contributed by atoms with E-state index in [1.165, 1.54) is 0 Å². The number of amidine groups is 1. The number of carbonyl (C=O) groups excluding carboxylic acids is 1. The first-order chi connectivity index (χ1) is 18.8. The van der Waals surface area contributed by atoms with Gasteiger partial charge in [0.25, 0.3) is 5.92 Å². The second-order valence-corrected chi connectivity index (χ2v) is 9.39. The van der Waals surface area contributed by atoms with Crippen LogP contribution < -0.4 is 11.1 Å². The molecule has 6 nitrogen and oxygen atoms in total. The molecule has 5 rings (SSSR count). The number of aliphatic imine (C=N–C) groups is 1. The van der Waals surface area contributed by atoms with Crippen molar-refractivity contribution in [2.24, 2.45) is 10.7 Å². The number of rotatable bonds is 7. The maximum absolute atomic E-state index is 11.8. The Kier molecular flexibility index (Phi) is 8.56. The zero-order valence-corrected chi connectivity index (χ0v) is 22.0. The van der Waals surface area contributed by atoms with Gasteiger partial charge in [-0.25, -0.2) is 13.8 Å². The van der Waals surface area contributed by atoms with Crippen molar-refractivity contribution < 1.29 is 13.6 Å². The van der Waals surface area contributed by atoms with Crippen LogP contribution in [0.3, 0.4) is 0 Å². The van der Waals surface area contributed by atoms with Crippen LogP contribution in [0.1, 0.15) is 22.3 Å². The third-order valence-corrected chi connectivity index (χ3v) is 6.55. The fraction of sp³-hybridized carbons (Fsp3) is 0.167. The maximum atomic E-state index is 11.8. The van der Waals surface area contributed by atoms with Gasteiger partial charge in [-0.05, 0) is 22.8 Å². The highest BCUT2D eigenvalue weighted by molar-refractivity contribution is 6.29. The molecular weight excluding hydrogens is 520 g/mol. The summed E-state index contributed by atoms with van der Waals surface area (Å²) < 4.78 is 23.5. The zero-order valence-electron chi connectivity index (χ0n) is 21.3. The summed E-state index contributed by atoms with van der Waals surface area (Å²) in [6.07, 6.45) is 2.08. The van der Waals surface area contributed by atoms with Crippen molar-refractivity contribution in [1.82, 2.24) is 9.88 Å². The summed E-state index contributed by atoms with van der Waals surface area (Å²) >= 11 is 6.30. The molecule has 0 saturated carbocycles. The number of hydrogen-bond donors (Lipinski definition) is 2. The highest BCUT2D eigenvalue weighted by atomic mass is 35.5. The topological polar surface area (TPSA) is 83.6 Å². The molecule has 3 N–H and O–H groups in total. The number of nitrogens with one attached hydrogen (secondary N) is 1. The number of aromatic nitrogens is 1. The number of alkyl halides is 2. The molecule has 0 unspecified atom stereocenters. The third kappa shape index (κ3) is 6.23. The predicted molar refractivity (Wildman–Crippen MR) is 151 cm³/mol. The van der Waals surface area contributed by atoms with E-state index in [4.69, 9.17) is 17.3 Å². The lowest BCUT2D eigenvalue weighted by Gasteiger charge is -2.38. The summed E-state index contributed by atoms with van der Waals surface area (Å²) in [5.41, 5.74) is 10.2. The highest BCUT2D eigenvalue weighted by Crippen LogP contribution is 2.41. The Labute approximate surface area is 231 Å². The van der Waals surface area contributed by atoms with Crippen LogP contribution in [0.4, 0.5) is 14.5 Å². The van der Waals surface area contributed by atoms with Gasteiger partial charge in [0.1, 0.15) is 16.5 Å². The lowest BCUT2D eigenvalue weighted by molar-refractivity contribution is -0.153. The van der Waals surface area contributed by atoms with E-state index in [0.29, 0.717) is 23.0 Å². The van der Waals surface area contributed by atoms with Crippen molar-refractivity contribution >= 4 is 29.5 Å². The van der Waals surface area contributed by atoms with Crippen molar-refractivity contribution in [2.75, 3.05) is 25.5 Å². The van der Waals surface area contributed by atoms with Crippen LogP contribution in [-0.2, 0) is 10.3 Å². The number of hydrogen-bond acceptors (Lipinski definition) is 4. The van der Waals surface area contributed by atoms with Crippen LogP contribution in [0.15, 0.2) is 108 Å². The first-order valence-corrected chi connectivity index (χ1v) is 12.6. The van der Waals surface area contributed by atoms with Crippen molar-refractivity contribution in [3.63, 3.8) is 0 Å². The van der Waals surface area contributed by atoms with Gasteiger partial charge in [-0.2, -0.15) is 0 Å². The minimum atomic E-state index is -2.61. The number of pyridine rings is 1. The fourth-order valence-electron chi connectivity index (χ4n) is 4.46. The molecule has 0 aliphatic carbocycles. The summed E-state index contributed by atoms with van der Waals surface area (Å²) in [7, 11) is 1.66. The van der Waals surface area contributed by atoms with Gasteiger partial charge in [0.05, 0.1) is 24.3 Å². The largest absolute Gasteiger partial charge is 0.383 e. The minimum Gasteiger partial charge on any atom is -0.383 e. The van der Waals surface area contributed by atoms with E-state index in [1.54, 1.807) is 19.3 Å². The standard InChI is InChI=1S/C26H23ClN4.C4H5F2NO/c1-29-25(28)22-18-30-24(27)17-23(22)31-26(19-11-5-2-6-12-19,20-13-7-3-8-14-20)21-15-9-4-10-16-21;5-4(6)1-7(2-4)3-8/h2-18H,1H3,(H2,28,29)(H,30,31);3H,1-2H2. The molecule has 9 heteroatoms. The minimum absolute atomic E-state index is 0.373. The quantitative estimate of drug-likeness (QED) is 0.104. The number of nitrogens with two attached hydrogens (primary N) is 1. The van der Waals surface area contributed by atoms with Crippen molar-refractivity contribution in [1.29, 1.82) is 0 Å². The summed E-state index contributed by atoms with van der Waals surface area (Å²) in [5.74, 6) is -2.23. The molecule has 1 aromatic heterocycles. The third-order valence-electron chi connectivity index (χ3n) is 6.35. The average Bonchev–Trinajstić information content (AvgIpc) is 2.96. The van der Waals surface area contributed by atoms with Gasteiger partial charge >= 0.3 is 0 Å². The molecule has 0 spiro atoms. The molecule has 1 fully saturated rings. The second kappa shape index (κ2) is 12.0.